The molecule has 1 unspecified atom stereocenters. The molecule has 2 aromatic rings. The number of fused-ring (bicyclic) bond motifs is 1. The maximum absolute atomic E-state index is 5.81. The van der Waals surface area contributed by atoms with E-state index in [-0.39, 0.29) is 11.6 Å². The monoisotopic (exact) mass is 287 g/mol. The first-order valence-electron chi connectivity index (χ1n) is 7.35. The Morgan fingerprint density at radius 1 is 1.24 bits per heavy atom. The normalized spacial score (nSPS) is 19.3. The van der Waals surface area contributed by atoms with Gasteiger partial charge in [-0.25, -0.2) is 4.98 Å². The van der Waals surface area contributed by atoms with Gasteiger partial charge in [0.15, 0.2) is 0 Å². The average molecular weight is 287 g/mol. The molecule has 1 N–H and O–H groups in total. The minimum absolute atomic E-state index is 0.141. The van der Waals surface area contributed by atoms with Crippen molar-refractivity contribution < 1.29 is 9.47 Å². The van der Waals surface area contributed by atoms with E-state index in [2.05, 4.69) is 22.2 Å². The maximum atomic E-state index is 5.81. The zero-order chi connectivity index (χ0) is 14.7. The molecule has 1 aliphatic heterocycles. The smallest absolute Gasteiger partial charge is 0.145 e. The summed E-state index contributed by atoms with van der Waals surface area (Å²) >= 11 is 0. The number of nitrogens with zero attached hydrogens (tertiary/aromatic N) is 2. The largest absolute Gasteiger partial charge is 0.381 e. The van der Waals surface area contributed by atoms with Crippen molar-refractivity contribution in [2.45, 2.75) is 31.4 Å². The Bertz CT molecular complexity index is 611. The molecule has 0 amide bonds. The highest BCUT2D eigenvalue weighted by Gasteiger charge is 2.38. The first-order valence-corrected chi connectivity index (χ1v) is 7.35. The van der Waals surface area contributed by atoms with Crippen molar-refractivity contribution in [1.82, 2.24) is 9.97 Å². The summed E-state index contributed by atoms with van der Waals surface area (Å²) in [4.78, 5) is 9.05. The number of hydrogen-bond acceptors (Lipinski definition) is 5. The third-order valence-electron chi connectivity index (χ3n) is 4.35. The molecule has 112 valence electrons. The van der Waals surface area contributed by atoms with E-state index < -0.39 is 0 Å². The summed E-state index contributed by atoms with van der Waals surface area (Å²) in [6, 6.07) is 8.01. The number of hydrogen-bond donors (Lipinski definition) is 1. The van der Waals surface area contributed by atoms with Crippen LogP contribution in [-0.2, 0) is 9.47 Å². The van der Waals surface area contributed by atoms with E-state index in [0.29, 0.717) is 0 Å². The standard InChI is InChI=1S/C16H21N3O2/c1-12(16(20-2)7-9-21-10-8-16)18-15-11-17-13-5-3-4-6-14(13)19-15/h3-6,11-12H,7-10H2,1-2H3,(H,18,19). The van der Waals surface area contributed by atoms with Crippen molar-refractivity contribution in [1.29, 1.82) is 0 Å². The summed E-state index contributed by atoms with van der Waals surface area (Å²) in [5.41, 5.74) is 1.60. The summed E-state index contributed by atoms with van der Waals surface area (Å²) in [6.45, 7) is 3.61. The van der Waals surface area contributed by atoms with Gasteiger partial charge in [0.1, 0.15) is 5.82 Å². The maximum Gasteiger partial charge on any atom is 0.145 e. The Kier molecular flexibility index (Phi) is 4.03. The first kappa shape index (κ1) is 14.2. The Labute approximate surface area is 124 Å². The SMILES string of the molecule is COC1(C(C)Nc2cnc3ccccc3n2)CCOCC1. The van der Waals surface area contributed by atoms with Crippen molar-refractivity contribution in [3.05, 3.63) is 30.5 Å². The molecule has 1 atom stereocenters. The summed E-state index contributed by atoms with van der Waals surface area (Å²) in [6.07, 6.45) is 3.55. The summed E-state index contributed by atoms with van der Waals surface area (Å²) in [5.74, 6) is 0.782. The topological polar surface area (TPSA) is 56.3 Å². The zero-order valence-corrected chi connectivity index (χ0v) is 12.5. The predicted molar refractivity (Wildman–Crippen MR) is 82.4 cm³/mol. The van der Waals surface area contributed by atoms with E-state index in [1.54, 1.807) is 13.3 Å². The second-order valence-corrected chi connectivity index (χ2v) is 5.49. The lowest BCUT2D eigenvalue weighted by Crippen LogP contribution is -2.50. The van der Waals surface area contributed by atoms with Crippen molar-refractivity contribution in [3.63, 3.8) is 0 Å². The van der Waals surface area contributed by atoms with Gasteiger partial charge in [0, 0.05) is 33.2 Å². The molecule has 1 saturated heterocycles. The molecule has 5 heteroatoms. The van der Waals surface area contributed by atoms with Crippen LogP contribution in [0.5, 0.6) is 0 Å². The molecule has 5 nitrogen and oxygen atoms in total. The van der Waals surface area contributed by atoms with E-state index in [0.717, 1.165) is 42.9 Å². The molecule has 1 aromatic heterocycles. The van der Waals surface area contributed by atoms with Crippen LogP contribution in [0.15, 0.2) is 30.5 Å². The number of anilines is 1. The molecule has 0 spiro atoms. The molecule has 1 aromatic carbocycles. The van der Waals surface area contributed by atoms with Gasteiger partial charge in [0.25, 0.3) is 0 Å². The van der Waals surface area contributed by atoms with Crippen LogP contribution < -0.4 is 5.32 Å². The second kappa shape index (κ2) is 5.95. The third kappa shape index (κ3) is 2.84. The molecule has 2 heterocycles. The van der Waals surface area contributed by atoms with Crippen LogP contribution in [0.25, 0.3) is 11.0 Å². The number of aromatic nitrogens is 2. The minimum Gasteiger partial charge on any atom is -0.381 e. The van der Waals surface area contributed by atoms with Gasteiger partial charge < -0.3 is 14.8 Å². The summed E-state index contributed by atoms with van der Waals surface area (Å²) < 4.78 is 11.3. The number of benzene rings is 1. The van der Waals surface area contributed by atoms with Crippen LogP contribution in [0.1, 0.15) is 19.8 Å². The molecule has 1 fully saturated rings. The molecular weight excluding hydrogens is 266 g/mol. The lowest BCUT2D eigenvalue weighted by Gasteiger charge is -2.41. The van der Waals surface area contributed by atoms with E-state index in [1.807, 2.05) is 24.3 Å². The molecular formula is C16H21N3O2. The van der Waals surface area contributed by atoms with Gasteiger partial charge in [-0.2, -0.15) is 0 Å². The molecule has 0 aliphatic carbocycles. The van der Waals surface area contributed by atoms with Gasteiger partial charge in [-0.05, 0) is 19.1 Å². The lowest BCUT2D eigenvalue weighted by atomic mass is 9.87. The van der Waals surface area contributed by atoms with Gasteiger partial charge in [0.05, 0.1) is 28.9 Å². The quantitative estimate of drug-likeness (QED) is 0.937. The number of para-hydroxylation sites is 2. The Morgan fingerprint density at radius 3 is 2.67 bits per heavy atom. The van der Waals surface area contributed by atoms with Gasteiger partial charge in [-0.15, -0.1) is 0 Å². The molecule has 21 heavy (non-hydrogen) atoms. The lowest BCUT2D eigenvalue weighted by molar-refractivity contribution is -0.0970. The fourth-order valence-corrected chi connectivity index (χ4v) is 2.91. The highest BCUT2D eigenvalue weighted by atomic mass is 16.5. The van der Waals surface area contributed by atoms with Crippen LogP contribution in [0, 0.1) is 0 Å². The highest BCUT2D eigenvalue weighted by Crippen LogP contribution is 2.30. The Hall–Kier alpha value is -1.72. The van der Waals surface area contributed by atoms with Crippen LogP contribution >= 0.6 is 0 Å². The molecule has 1 aliphatic rings. The highest BCUT2D eigenvalue weighted by molar-refractivity contribution is 5.75. The number of rotatable bonds is 4. The first-order chi connectivity index (χ1) is 10.2. The third-order valence-corrected chi connectivity index (χ3v) is 4.35. The van der Waals surface area contributed by atoms with E-state index >= 15 is 0 Å². The predicted octanol–water partition coefficient (Wildman–Crippen LogP) is 2.63. The fourth-order valence-electron chi connectivity index (χ4n) is 2.91. The minimum atomic E-state index is -0.203. The van der Waals surface area contributed by atoms with E-state index in [1.165, 1.54) is 0 Å². The van der Waals surface area contributed by atoms with Gasteiger partial charge in [-0.3, -0.25) is 4.98 Å². The molecule has 3 rings (SSSR count). The fraction of sp³-hybridized carbons (Fsp3) is 0.500. The van der Waals surface area contributed by atoms with Crippen LogP contribution in [0.4, 0.5) is 5.82 Å². The Morgan fingerprint density at radius 2 is 1.95 bits per heavy atom. The second-order valence-electron chi connectivity index (χ2n) is 5.49. The van der Waals surface area contributed by atoms with E-state index in [4.69, 9.17) is 9.47 Å². The Balaban J connectivity index is 1.80. The van der Waals surface area contributed by atoms with Gasteiger partial charge in [-0.1, -0.05) is 12.1 Å². The number of methoxy groups -OCH3 is 1. The molecule has 0 saturated carbocycles. The molecule has 0 radical (unpaired) electrons. The van der Waals surface area contributed by atoms with Crippen LogP contribution in [0.2, 0.25) is 0 Å². The molecule has 0 bridgehead atoms. The van der Waals surface area contributed by atoms with Gasteiger partial charge >= 0.3 is 0 Å². The van der Waals surface area contributed by atoms with Crippen molar-refractivity contribution in [2.24, 2.45) is 0 Å². The average Bonchev–Trinajstić information content (AvgIpc) is 2.55. The van der Waals surface area contributed by atoms with E-state index in [9.17, 15) is 0 Å². The summed E-state index contributed by atoms with van der Waals surface area (Å²) in [7, 11) is 1.77. The summed E-state index contributed by atoms with van der Waals surface area (Å²) in [5, 5.41) is 3.44. The van der Waals surface area contributed by atoms with Crippen molar-refractivity contribution in [2.75, 3.05) is 25.6 Å². The van der Waals surface area contributed by atoms with Crippen LogP contribution in [0.3, 0.4) is 0 Å². The number of ether oxygens (including phenoxy) is 2. The van der Waals surface area contributed by atoms with Crippen molar-refractivity contribution >= 4 is 16.9 Å². The van der Waals surface area contributed by atoms with Gasteiger partial charge in [0.2, 0.25) is 0 Å². The number of nitrogens with one attached hydrogen (secondary N) is 1. The zero-order valence-electron chi connectivity index (χ0n) is 12.5. The van der Waals surface area contributed by atoms with Crippen molar-refractivity contribution in [3.8, 4) is 0 Å². The van der Waals surface area contributed by atoms with Crippen LogP contribution in [-0.4, -0.2) is 41.9 Å².